The first-order valence-electron chi connectivity index (χ1n) is 10.1. The van der Waals surface area contributed by atoms with Gasteiger partial charge in [0.1, 0.15) is 11.5 Å². The van der Waals surface area contributed by atoms with Gasteiger partial charge in [-0.3, -0.25) is 19.5 Å². The molecule has 0 spiro atoms. The average Bonchev–Trinajstić information content (AvgIpc) is 3.04. The molecule has 0 radical (unpaired) electrons. The molecule has 0 saturated heterocycles. The zero-order chi connectivity index (χ0) is 21.8. The van der Waals surface area contributed by atoms with Crippen molar-refractivity contribution in [2.24, 2.45) is 0 Å². The monoisotopic (exact) mass is 415 g/mol. The maximum atomic E-state index is 13.5. The Morgan fingerprint density at radius 2 is 1.55 bits per heavy atom. The predicted molar refractivity (Wildman–Crippen MR) is 116 cm³/mol. The Balaban J connectivity index is 1.76. The van der Waals surface area contributed by atoms with Crippen molar-refractivity contribution >= 4 is 17.4 Å². The molecule has 156 valence electrons. The molecule has 1 aliphatic heterocycles. The van der Waals surface area contributed by atoms with E-state index < -0.39 is 5.82 Å². The number of rotatable bonds is 7. The van der Waals surface area contributed by atoms with Crippen LogP contribution in [0.4, 0.5) is 4.39 Å². The Morgan fingerprint density at radius 1 is 0.871 bits per heavy atom. The maximum absolute atomic E-state index is 13.5. The summed E-state index contributed by atoms with van der Waals surface area (Å²) in [5.41, 5.74) is 3.01. The smallest absolute Gasteiger partial charge is 0.278 e. The van der Waals surface area contributed by atoms with Crippen molar-refractivity contribution in [1.29, 1.82) is 0 Å². The highest BCUT2D eigenvalue weighted by Gasteiger charge is 2.41. The van der Waals surface area contributed by atoms with Crippen molar-refractivity contribution in [2.45, 2.75) is 20.0 Å². The van der Waals surface area contributed by atoms with Gasteiger partial charge in [-0.25, -0.2) is 4.39 Å². The van der Waals surface area contributed by atoms with E-state index in [9.17, 15) is 14.0 Å². The molecule has 6 heteroatoms. The molecule has 1 aromatic heterocycles. The Labute approximate surface area is 180 Å². The van der Waals surface area contributed by atoms with Crippen LogP contribution >= 0.6 is 0 Å². The van der Waals surface area contributed by atoms with Gasteiger partial charge >= 0.3 is 0 Å². The van der Waals surface area contributed by atoms with Crippen molar-refractivity contribution in [1.82, 2.24) is 14.8 Å². The van der Waals surface area contributed by atoms with E-state index in [0.717, 1.165) is 11.1 Å². The zero-order valence-electron chi connectivity index (χ0n) is 17.2. The highest BCUT2D eigenvalue weighted by molar-refractivity contribution is 6.35. The Kier molecular flexibility index (Phi) is 5.89. The van der Waals surface area contributed by atoms with Gasteiger partial charge in [-0.05, 0) is 47.9 Å². The molecule has 0 aliphatic carbocycles. The summed E-state index contributed by atoms with van der Waals surface area (Å²) in [5, 5.41) is 0. The van der Waals surface area contributed by atoms with E-state index in [1.54, 1.807) is 36.7 Å². The summed E-state index contributed by atoms with van der Waals surface area (Å²) >= 11 is 0. The van der Waals surface area contributed by atoms with E-state index in [-0.39, 0.29) is 18.4 Å². The van der Waals surface area contributed by atoms with Gasteiger partial charge in [0.05, 0.1) is 12.1 Å². The Hall–Kier alpha value is -3.80. The zero-order valence-corrected chi connectivity index (χ0v) is 17.2. The molecule has 4 rings (SSSR count). The molecule has 0 bridgehead atoms. The summed E-state index contributed by atoms with van der Waals surface area (Å²) in [6.07, 6.45) is 3.26. The molecule has 0 unspecified atom stereocenters. The molecule has 2 heterocycles. The van der Waals surface area contributed by atoms with Gasteiger partial charge < -0.3 is 4.90 Å². The lowest BCUT2D eigenvalue weighted by Gasteiger charge is -2.25. The average molecular weight is 415 g/mol. The third-order valence-electron chi connectivity index (χ3n) is 5.28. The standard InChI is InChI=1S/C25H22FN3O2/c1-2-28(16-18-6-4-3-5-7-18)23-22(20-8-10-21(26)11-9-20)24(30)29(25(23)31)17-19-12-14-27-15-13-19/h3-15H,2,16-17H2,1H3. The van der Waals surface area contributed by atoms with Crippen LogP contribution < -0.4 is 0 Å². The molecule has 0 saturated carbocycles. The van der Waals surface area contributed by atoms with Crippen LogP contribution in [0.2, 0.25) is 0 Å². The fraction of sp³-hybridized carbons (Fsp3) is 0.160. The molecule has 0 N–H and O–H groups in total. The summed E-state index contributed by atoms with van der Waals surface area (Å²) in [6.45, 7) is 3.12. The second kappa shape index (κ2) is 8.92. The molecular formula is C25H22FN3O2. The number of hydrogen-bond donors (Lipinski definition) is 0. The Bertz CT molecular complexity index is 1110. The number of nitrogens with zero attached hydrogens (tertiary/aromatic N) is 3. The van der Waals surface area contributed by atoms with Crippen LogP contribution in [-0.2, 0) is 22.7 Å². The summed E-state index contributed by atoms with van der Waals surface area (Å²) in [5.74, 6) is -1.12. The van der Waals surface area contributed by atoms with Gasteiger partial charge in [0.2, 0.25) is 0 Å². The second-order valence-electron chi connectivity index (χ2n) is 7.28. The number of aromatic nitrogens is 1. The third-order valence-corrected chi connectivity index (χ3v) is 5.28. The van der Waals surface area contributed by atoms with Crippen molar-refractivity contribution in [3.8, 4) is 0 Å². The SMILES string of the molecule is CCN(Cc1ccccc1)C1=C(c2ccc(F)cc2)C(=O)N(Cc2ccncc2)C1=O. The molecule has 0 fully saturated rings. The minimum Gasteiger partial charge on any atom is -0.362 e. The lowest BCUT2D eigenvalue weighted by atomic mass is 10.0. The van der Waals surface area contributed by atoms with Crippen LogP contribution in [0.3, 0.4) is 0 Å². The lowest BCUT2D eigenvalue weighted by molar-refractivity contribution is -0.138. The molecule has 2 aromatic carbocycles. The molecule has 2 amide bonds. The van der Waals surface area contributed by atoms with Gasteiger partial charge in [-0.1, -0.05) is 42.5 Å². The van der Waals surface area contributed by atoms with Crippen molar-refractivity contribution < 1.29 is 14.0 Å². The predicted octanol–water partition coefficient (Wildman–Crippen LogP) is 4.02. The highest BCUT2D eigenvalue weighted by atomic mass is 19.1. The topological polar surface area (TPSA) is 53.5 Å². The number of carbonyl (C=O) groups is 2. The quantitative estimate of drug-likeness (QED) is 0.547. The van der Waals surface area contributed by atoms with Crippen LogP contribution in [0.1, 0.15) is 23.6 Å². The van der Waals surface area contributed by atoms with Crippen LogP contribution in [0, 0.1) is 5.82 Å². The van der Waals surface area contributed by atoms with Crippen molar-refractivity contribution in [3.05, 3.63) is 107 Å². The summed E-state index contributed by atoms with van der Waals surface area (Å²) in [6, 6.07) is 19.0. The summed E-state index contributed by atoms with van der Waals surface area (Å²) < 4.78 is 13.5. The van der Waals surface area contributed by atoms with E-state index in [4.69, 9.17) is 0 Å². The van der Waals surface area contributed by atoms with E-state index in [0.29, 0.717) is 29.9 Å². The van der Waals surface area contributed by atoms with E-state index in [1.807, 2.05) is 42.2 Å². The number of hydrogen-bond acceptors (Lipinski definition) is 4. The first kappa shape index (κ1) is 20.5. The van der Waals surface area contributed by atoms with Gasteiger partial charge in [-0.15, -0.1) is 0 Å². The molecule has 3 aromatic rings. The first-order chi connectivity index (χ1) is 15.1. The maximum Gasteiger partial charge on any atom is 0.278 e. The number of amides is 2. The number of imide groups is 1. The molecule has 31 heavy (non-hydrogen) atoms. The van der Waals surface area contributed by atoms with E-state index in [1.165, 1.54) is 17.0 Å². The van der Waals surface area contributed by atoms with Crippen molar-refractivity contribution in [3.63, 3.8) is 0 Å². The van der Waals surface area contributed by atoms with Gasteiger partial charge in [0.15, 0.2) is 0 Å². The minimum absolute atomic E-state index is 0.150. The Morgan fingerprint density at radius 3 is 2.19 bits per heavy atom. The van der Waals surface area contributed by atoms with Gasteiger partial charge in [-0.2, -0.15) is 0 Å². The van der Waals surface area contributed by atoms with Gasteiger partial charge in [0, 0.05) is 25.5 Å². The van der Waals surface area contributed by atoms with E-state index >= 15 is 0 Å². The van der Waals surface area contributed by atoms with Crippen LogP contribution in [0.15, 0.2) is 84.8 Å². The molecule has 0 atom stereocenters. The largest absolute Gasteiger partial charge is 0.362 e. The van der Waals surface area contributed by atoms with Crippen molar-refractivity contribution in [2.75, 3.05) is 6.54 Å². The number of halogens is 1. The normalized spacial score (nSPS) is 13.8. The number of pyridine rings is 1. The second-order valence-corrected chi connectivity index (χ2v) is 7.28. The molecule has 1 aliphatic rings. The first-order valence-corrected chi connectivity index (χ1v) is 10.1. The lowest BCUT2D eigenvalue weighted by Crippen LogP contribution is -2.34. The number of carbonyl (C=O) groups excluding carboxylic acids is 2. The van der Waals surface area contributed by atoms with Crippen LogP contribution in [-0.4, -0.2) is 33.1 Å². The summed E-state index contributed by atoms with van der Waals surface area (Å²) in [7, 11) is 0. The number of likely N-dealkylation sites (N-methyl/N-ethyl adjacent to an activating group) is 1. The number of benzene rings is 2. The van der Waals surface area contributed by atoms with E-state index in [2.05, 4.69) is 4.98 Å². The highest BCUT2D eigenvalue weighted by Crippen LogP contribution is 2.33. The molecule has 5 nitrogen and oxygen atoms in total. The molecular weight excluding hydrogens is 393 g/mol. The summed E-state index contributed by atoms with van der Waals surface area (Å²) in [4.78, 5) is 34.0. The van der Waals surface area contributed by atoms with Gasteiger partial charge in [0.25, 0.3) is 11.8 Å². The third kappa shape index (κ3) is 4.23. The fourth-order valence-corrected chi connectivity index (χ4v) is 3.70. The fourth-order valence-electron chi connectivity index (χ4n) is 3.70. The minimum atomic E-state index is -0.395. The van der Waals surface area contributed by atoms with Crippen LogP contribution in [0.5, 0.6) is 0 Å². The van der Waals surface area contributed by atoms with Crippen LogP contribution in [0.25, 0.3) is 5.57 Å².